The van der Waals surface area contributed by atoms with E-state index in [4.69, 9.17) is 9.47 Å². The molecule has 1 fully saturated rings. The van der Waals surface area contributed by atoms with Crippen LogP contribution >= 0.6 is 57.9 Å². The van der Waals surface area contributed by atoms with Gasteiger partial charge in [-0.3, -0.25) is 9.59 Å². The summed E-state index contributed by atoms with van der Waals surface area (Å²) in [6, 6.07) is 7.50. The minimum Gasteiger partial charge on any atom is -0.372 e. The van der Waals surface area contributed by atoms with Gasteiger partial charge in [-0.1, -0.05) is 31.3 Å². The van der Waals surface area contributed by atoms with Crippen molar-refractivity contribution in [1.29, 1.82) is 0 Å². The molecule has 17 heteroatoms. The zero-order valence-electron chi connectivity index (χ0n) is 27.9. The Hall–Kier alpha value is -1.96. The van der Waals surface area contributed by atoms with E-state index in [1.54, 1.807) is 23.3 Å². The molecule has 3 heterocycles. The minimum atomic E-state index is -0.411. The SMILES string of the molecule is CC.CN(C)CCN(Sc1cccs1)c1cc(F)c2nc(NC(=O)C3CCN(CCNC(=O)COCCOCC=O)CC3)sc2c1.SS. The number of nitrogens with one attached hydrogen (secondary N) is 2. The topological polar surface area (TPSA) is 116 Å². The van der Waals surface area contributed by atoms with Crippen molar-refractivity contribution < 1.29 is 28.2 Å². The van der Waals surface area contributed by atoms with E-state index in [-0.39, 0.29) is 49.7 Å². The van der Waals surface area contributed by atoms with Crippen molar-refractivity contribution in [3.05, 3.63) is 35.5 Å². The maximum atomic E-state index is 15.2. The predicted molar refractivity (Wildman–Crippen MR) is 203 cm³/mol. The number of likely N-dealkylation sites (tertiary alicyclic amines) is 1. The number of rotatable bonds is 18. The molecule has 0 saturated carbocycles. The normalized spacial score (nSPS) is 13.3. The molecule has 0 bridgehead atoms. The van der Waals surface area contributed by atoms with Gasteiger partial charge in [-0.15, -0.1) is 34.7 Å². The summed E-state index contributed by atoms with van der Waals surface area (Å²) < 4.78 is 29.3. The van der Waals surface area contributed by atoms with Crippen LogP contribution < -0.4 is 14.9 Å². The van der Waals surface area contributed by atoms with Crippen molar-refractivity contribution in [3.63, 3.8) is 0 Å². The maximum absolute atomic E-state index is 15.2. The molecule has 3 aromatic rings. The molecule has 11 nitrogen and oxygen atoms in total. The molecular formula is C31H47FN6O5S5. The van der Waals surface area contributed by atoms with E-state index in [9.17, 15) is 14.4 Å². The predicted octanol–water partition coefficient (Wildman–Crippen LogP) is 5.36. The molecule has 4 rings (SSSR count). The average Bonchev–Trinajstić information content (AvgIpc) is 3.77. The van der Waals surface area contributed by atoms with Crippen LogP contribution in [0.1, 0.15) is 26.7 Å². The van der Waals surface area contributed by atoms with Crippen LogP contribution in [-0.4, -0.2) is 113 Å². The second kappa shape index (κ2) is 24.2. The number of aromatic nitrogens is 1. The van der Waals surface area contributed by atoms with Crippen LogP contribution in [0.2, 0.25) is 0 Å². The largest absolute Gasteiger partial charge is 0.372 e. The van der Waals surface area contributed by atoms with E-state index in [0.29, 0.717) is 48.6 Å². The number of carbonyl (C=O) groups is 3. The summed E-state index contributed by atoms with van der Waals surface area (Å²) in [6.07, 6.45) is 2.04. The minimum absolute atomic E-state index is 0.0174. The number of thiophene rings is 1. The van der Waals surface area contributed by atoms with Gasteiger partial charge in [0.25, 0.3) is 0 Å². The summed E-state index contributed by atoms with van der Waals surface area (Å²) >= 11 is 11.0. The first-order chi connectivity index (χ1) is 23.3. The van der Waals surface area contributed by atoms with E-state index >= 15 is 4.39 Å². The van der Waals surface area contributed by atoms with Crippen molar-refractivity contribution in [2.45, 2.75) is 30.9 Å². The number of halogens is 1. The quantitative estimate of drug-likeness (QED) is 0.0444. The first-order valence-corrected chi connectivity index (χ1v) is 19.7. The van der Waals surface area contributed by atoms with Gasteiger partial charge in [0, 0.05) is 38.2 Å². The van der Waals surface area contributed by atoms with Crippen LogP contribution in [0, 0.1) is 11.7 Å². The third-order valence-corrected chi connectivity index (χ3v) is 9.92. The Balaban J connectivity index is 0.00000193. The molecular weight excluding hydrogens is 716 g/mol. The highest BCUT2D eigenvalue weighted by Crippen LogP contribution is 2.37. The van der Waals surface area contributed by atoms with Gasteiger partial charge in [-0.2, -0.15) is 0 Å². The number of aldehydes is 1. The molecule has 2 N–H and O–H groups in total. The lowest BCUT2D eigenvalue weighted by Gasteiger charge is -2.31. The van der Waals surface area contributed by atoms with Crippen molar-refractivity contribution in [1.82, 2.24) is 20.1 Å². The molecule has 1 saturated heterocycles. The van der Waals surface area contributed by atoms with Crippen molar-refractivity contribution in [3.8, 4) is 0 Å². The van der Waals surface area contributed by atoms with E-state index in [2.05, 4.69) is 53.0 Å². The number of anilines is 2. The van der Waals surface area contributed by atoms with Gasteiger partial charge in [-0.25, -0.2) is 9.37 Å². The number of thiazole rings is 1. The molecule has 1 aliphatic heterocycles. The lowest BCUT2D eigenvalue weighted by Crippen LogP contribution is -2.42. The monoisotopic (exact) mass is 762 g/mol. The van der Waals surface area contributed by atoms with E-state index in [0.717, 1.165) is 29.5 Å². The molecule has 1 aliphatic rings. The van der Waals surface area contributed by atoms with Gasteiger partial charge < -0.3 is 39.0 Å². The third kappa shape index (κ3) is 14.9. The fourth-order valence-electron chi connectivity index (χ4n) is 4.56. The second-order valence-electron chi connectivity index (χ2n) is 10.5. The molecule has 1 aromatic carbocycles. The lowest BCUT2D eigenvalue weighted by molar-refractivity contribution is -0.126. The number of benzene rings is 1. The number of amides is 2. The Morgan fingerprint density at radius 2 is 1.90 bits per heavy atom. The Morgan fingerprint density at radius 1 is 1.17 bits per heavy atom. The van der Waals surface area contributed by atoms with Crippen molar-refractivity contribution >= 4 is 97.1 Å². The molecule has 0 aliphatic carbocycles. The van der Waals surface area contributed by atoms with Crippen LogP contribution in [0.5, 0.6) is 0 Å². The second-order valence-corrected chi connectivity index (χ2v) is 13.8. The Kier molecular flexibility index (Phi) is 21.3. The summed E-state index contributed by atoms with van der Waals surface area (Å²) in [7, 11) is 4.02. The molecule has 0 radical (unpaired) electrons. The van der Waals surface area contributed by atoms with Crippen molar-refractivity contribution in [2.24, 2.45) is 5.92 Å². The number of hydrogen-bond acceptors (Lipinski definition) is 14. The summed E-state index contributed by atoms with van der Waals surface area (Å²) in [4.78, 5) is 43.9. The van der Waals surface area contributed by atoms with Crippen LogP contribution in [0.3, 0.4) is 0 Å². The van der Waals surface area contributed by atoms with Crippen LogP contribution in [0.25, 0.3) is 10.2 Å². The molecule has 0 atom stereocenters. The molecule has 48 heavy (non-hydrogen) atoms. The Labute approximate surface area is 305 Å². The first kappa shape index (κ1) is 42.2. The summed E-state index contributed by atoms with van der Waals surface area (Å²) in [5.41, 5.74) is 1.02. The van der Waals surface area contributed by atoms with Crippen molar-refractivity contribution in [2.75, 3.05) is 89.4 Å². The van der Waals surface area contributed by atoms with Gasteiger partial charge in [-0.05, 0) is 69.5 Å². The standard InChI is InChI=1S/C29H39FN6O5S3.C2H6.H2S2/c1-34(2)11-12-36(44-26-4-3-17-42-26)22-18-23(30)27-24(19-22)43-29(32-27)33-28(39)21-5-8-35(9-6-21)10-7-31-25(38)20-41-16-15-40-14-13-37;2*1-2/h3-4,13,17-19,21H,5-12,14-16,20H2,1-2H3,(H,31,38)(H,32,33,39);1-2H3;1-2H. The number of hydrogen-bond donors (Lipinski definition) is 4. The number of ether oxygens (including phenoxy) is 2. The van der Waals surface area contributed by atoms with Gasteiger partial charge >= 0.3 is 0 Å². The summed E-state index contributed by atoms with van der Waals surface area (Å²) in [5.74, 6) is -0.886. The highest BCUT2D eigenvalue weighted by atomic mass is 33.1. The number of fused-ring (bicyclic) bond motifs is 1. The molecule has 2 amide bonds. The molecule has 268 valence electrons. The molecule has 2 aromatic heterocycles. The first-order valence-electron chi connectivity index (χ1n) is 15.6. The fourth-order valence-corrected chi connectivity index (χ4v) is 7.27. The fraction of sp³-hybridized carbons (Fsp3) is 0.548. The van der Waals surface area contributed by atoms with Gasteiger partial charge in [0.05, 0.1) is 27.8 Å². The van der Waals surface area contributed by atoms with E-state index in [1.165, 1.54) is 17.4 Å². The number of likely N-dealkylation sites (N-methyl/N-ethyl adjacent to an activating group) is 1. The number of thiol groups is 2. The van der Waals surface area contributed by atoms with Crippen LogP contribution in [0.4, 0.5) is 15.2 Å². The molecule has 0 spiro atoms. The number of piperidine rings is 1. The number of carbonyl (C=O) groups excluding carboxylic acids is 3. The van der Waals surface area contributed by atoms with E-state index < -0.39 is 5.82 Å². The lowest BCUT2D eigenvalue weighted by atomic mass is 9.96. The average molecular weight is 763 g/mol. The van der Waals surface area contributed by atoms with Gasteiger partial charge in [0.15, 0.2) is 10.9 Å². The smallest absolute Gasteiger partial charge is 0.246 e. The highest BCUT2D eigenvalue weighted by molar-refractivity contribution is 8.59. The highest BCUT2D eigenvalue weighted by Gasteiger charge is 2.26. The van der Waals surface area contributed by atoms with Crippen LogP contribution in [-0.2, 0) is 23.9 Å². The Morgan fingerprint density at radius 3 is 2.56 bits per heavy atom. The Bertz CT molecular complexity index is 1360. The summed E-state index contributed by atoms with van der Waals surface area (Å²) in [5, 5.41) is 8.17. The van der Waals surface area contributed by atoms with Gasteiger partial charge in [0.1, 0.15) is 25.0 Å². The maximum Gasteiger partial charge on any atom is 0.246 e. The van der Waals surface area contributed by atoms with Gasteiger partial charge in [0.2, 0.25) is 11.8 Å². The summed E-state index contributed by atoms with van der Waals surface area (Å²) in [6.45, 7) is 8.62. The zero-order chi connectivity index (χ0) is 35.3. The number of nitrogens with zero attached hydrogens (tertiary/aromatic N) is 4. The van der Waals surface area contributed by atoms with Crippen LogP contribution in [0.15, 0.2) is 33.9 Å². The molecule has 0 unspecified atom stereocenters. The zero-order valence-corrected chi connectivity index (χ0v) is 32.1. The third-order valence-electron chi connectivity index (χ3n) is 6.90. The van der Waals surface area contributed by atoms with E-state index in [1.807, 2.05) is 51.5 Å².